The molecule has 6 nitrogen and oxygen atoms in total. The van der Waals surface area contributed by atoms with E-state index >= 15 is 0 Å². The number of nitrogens with zero attached hydrogens (tertiary/aromatic N) is 2. The summed E-state index contributed by atoms with van der Waals surface area (Å²) in [7, 11) is 4.83. The van der Waals surface area contributed by atoms with Crippen molar-refractivity contribution in [3.63, 3.8) is 0 Å². The fraction of sp³-hybridized carbons (Fsp3) is 0.231. The molecule has 1 aromatic heterocycles. The molecule has 2 rings (SSSR count). The summed E-state index contributed by atoms with van der Waals surface area (Å²) in [5, 5.41) is 6.74. The molecule has 0 bridgehead atoms. The maximum absolute atomic E-state index is 12.1. The maximum Gasteiger partial charge on any atom is 0.256 e. The molecule has 1 heterocycles. The van der Waals surface area contributed by atoms with Crippen molar-refractivity contribution in [3.8, 4) is 11.5 Å². The van der Waals surface area contributed by atoms with E-state index in [1.807, 2.05) is 0 Å². The first kappa shape index (κ1) is 12.9. The second-order valence-electron chi connectivity index (χ2n) is 3.86. The van der Waals surface area contributed by atoms with Crippen molar-refractivity contribution in [2.45, 2.75) is 0 Å². The van der Waals surface area contributed by atoms with Crippen molar-refractivity contribution >= 4 is 11.7 Å². The number of methoxy groups -OCH3 is 2. The molecule has 1 aromatic carbocycles. The molecular formula is C13H15N3O3. The number of aromatic nitrogens is 2. The lowest BCUT2D eigenvalue weighted by atomic mass is 10.2. The quantitative estimate of drug-likeness (QED) is 0.909. The Morgan fingerprint density at radius 2 is 1.95 bits per heavy atom. The number of benzene rings is 1. The van der Waals surface area contributed by atoms with E-state index in [2.05, 4.69) is 10.4 Å². The summed E-state index contributed by atoms with van der Waals surface area (Å²) in [5.41, 5.74) is 0.485. The van der Waals surface area contributed by atoms with E-state index in [9.17, 15) is 4.79 Å². The number of carbonyl (C=O) groups excluding carboxylic acids is 1. The average Bonchev–Trinajstić information content (AvgIpc) is 2.83. The van der Waals surface area contributed by atoms with Gasteiger partial charge >= 0.3 is 0 Å². The Morgan fingerprint density at radius 3 is 2.53 bits per heavy atom. The number of hydrogen-bond donors (Lipinski definition) is 1. The van der Waals surface area contributed by atoms with E-state index in [-0.39, 0.29) is 5.91 Å². The lowest BCUT2D eigenvalue weighted by molar-refractivity contribution is 0.102. The highest BCUT2D eigenvalue weighted by molar-refractivity contribution is 6.04. The molecule has 0 fully saturated rings. The molecule has 0 aliphatic heterocycles. The molecule has 0 saturated heterocycles. The standard InChI is InChI=1S/C13H15N3O3/c1-16-12(6-7-14-16)15-13(17)9-4-5-10(18-2)11(8-9)19-3/h4-8H,1-3H3,(H,15,17). The van der Waals surface area contributed by atoms with Crippen molar-refractivity contribution in [2.75, 3.05) is 19.5 Å². The molecule has 19 heavy (non-hydrogen) atoms. The molecule has 0 radical (unpaired) electrons. The summed E-state index contributed by atoms with van der Waals surface area (Å²) in [6, 6.07) is 6.72. The normalized spacial score (nSPS) is 10.1. The summed E-state index contributed by atoms with van der Waals surface area (Å²) in [5.74, 6) is 1.49. The summed E-state index contributed by atoms with van der Waals surface area (Å²) in [6.07, 6.45) is 1.62. The lowest BCUT2D eigenvalue weighted by Gasteiger charge is -2.10. The van der Waals surface area contributed by atoms with E-state index < -0.39 is 0 Å². The third-order valence-corrected chi connectivity index (χ3v) is 2.71. The third kappa shape index (κ3) is 2.67. The largest absolute Gasteiger partial charge is 0.493 e. The van der Waals surface area contributed by atoms with Crippen LogP contribution in [0.25, 0.3) is 0 Å². The molecule has 0 atom stereocenters. The van der Waals surface area contributed by atoms with Gasteiger partial charge in [-0.2, -0.15) is 5.10 Å². The van der Waals surface area contributed by atoms with E-state index in [0.717, 1.165) is 0 Å². The van der Waals surface area contributed by atoms with Crippen LogP contribution in [0.4, 0.5) is 5.82 Å². The van der Waals surface area contributed by atoms with Gasteiger partial charge in [-0.15, -0.1) is 0 Å². The Balaban J connectivity index is 2.22. The highest BCUT2D eigenvalue weighted by atomic mass is 16.5. The van der Waals surface area contributed by atoms with Gasteiger partial charge in [-0.05, 0) is 18.2 Å². The zero-order valence-corrected chi connectivity index (χ0v) is 11.0. The highest BCUT2D eigenvalue weighted by Gasteiger charge is 2.12. The Morgan fingerprint density at radius 1 is 1.21 bits per heavy atom. The molecule has 0 saturated carbocycles. The second-order valence-corrected chi connectivity index (χ2v) is 3.86. The lowest BCUT2D eigenvalue weighted by Crippen LogP contribution is -2.14. The molecule has 100 valence electrons. The predicted octanol–water partition coefficient (Wildman–Crippen LogP) is 1.69. The Bertz CT molecular complexity index is 593. The second kappa shape index (κ2) is 5.43. The maximum atomic E-state index is 12.1. The molecule has 0 aliphatic rings. The van der Waals surface area contributed by atoms with E-state index in [4.69, 9.17) is 9.47 Å². The van der Waals surface area contributed by atoms with Crippen LogP contribution in [0, 0.1) is 0 Å². The van der Waals surface area contributed by atoms with Crippen molar-refractivity contribution in [1.29, 1.82) is 0 Å². The van der Waals surface area contributed by atoms with Gasteiger partial charge in [0.1, 0.15) is 5.82 Å². The van der Waals surface area contributed by atoms with Crippen LogP contribution in [-0.2, 0) is 7.05 Å². The number of nitrogens with one attached hydrogen (secondary N) is 1. The van der Waals surface area contributed by atoms with Crippen molar-refractivity contribution in [1.82, 2.24) is 9.78 Å². The van der Waals surface area contributed by atoms with Gasteiger partial charge in [0, 0.05) is 18.7 Å². The van der Waals surface area contributed by atoms with Gasteiger partial charge in [0.05, 0.1) is 20.4 Å². The predicted molar refractivity (Wildman–Crippen MR) is 70.7 cm³/mol. The topological polar surface area (TPSA) is 65.4 Å². The van der Waals surface area contributed by atoms with Gasteiger partial charge in [-0.3, -0.25) is 9.48 Å². The van der Waals surface area contributed by atoms with E-state index in [1.165, 1.54) is 7.11 Å². The molecule has 1 N–H and O–H groups in total. The van der Waals surface area contributed by atoms with Crippen LogP contribution in [0.3, 0.4) is 0 Å². The first-order valence-corrected chi connectivity index (χ1v) is 5.67. The van der Waals surface area contributed by atoms with Crippen LogP contribution in [0.5, 0.6) is 11.5 Å². The van der Waals surface area contributed by atoms with Crippen LogP contribution in [0.15, 0.2) is 30.5 Å². The molecule has 1 amide bonds. The zero-order chi connectivity index (χ0) is 13.8. The molecule has 2 aromatic rings. The Kier molecular flexibility index (Phi) is 3.70. The van der Waals surface area contributed by atoms with Crippen LogP contribution >= 0.6 is 0 Å². The zero-order valence-electron chi connectivity index (χ0n) is 11.0. The minimum Gasteiger partial charge on any atom is -0.493 e. The number of aryl methyl sites for hydroxylation is 1. The summed E-state index contributed by atoms with van der Waals surface area (Å²) in [6.45, 7) is 0. The highest BCUT2D eigenvalue weighted by Crippen LogP contribution is 2.27. The number of rotatable bonds is 4. The van der Waals surface area contributed by atoms with E-state index in [0.29, 0.717) is 22.9 Å². The van der Waals surface area contributed by atoms with Gasteiger partial charge in [-0.1, -0.05) is 0 Å². The Labute approximate surface area is 110 Å². The van der Waals surface area contributed by atoms with Gasteiger partial charge in [0.2, 0.25) is 0 Å². The smallest absolute Gasteiger partial charge is 0.256 e. The number of carbonyl (C=O) groups is 1. The number of anilines is 1. The van der Waals surface area contributed by atoms with Crippen molar-refractivity contribution in [2.24, 2.45) is 7.05 Å². The van der Waals surface area contributed by atoms with Crippen LogP contribution in [0.2, 0.25) is 0 Å². The van der Waals surface area contributed by atoms with Crippen molar-refractivity contribution < 1.29 is 14.3 Å². The minimum atomic E-state index is -0.232. The number of amides is 1. The fourth-order valence-corrected chi connectivity index (χ4v) is 1.66. The monoisotopic (exact) mass is 261 g/mol. The third-order valence-electron chi connectivity index (χ3n) is 2.71. The summed E-state index contributed by atoms with van der Waals surface area (Å²) >= 11 is 0. The molecule has 0 aliphatic carbocycles. The Hall–Kier alpha value is -2.50. The molecule has 6 heteroatoms. The summed E-state index contributed by atoms with van der Waals surface area (Å²) < 4.78 is 11.9. The van der Waals surface area contributed by atoms with Crippen LogP contribution in [-0.4, -0.2) is 29.9 Å². The number of hydrogen-bond acceptors (Lipinski definition) is 4. The fourth-order valence-electron chi connectivity index (χ4n) is 1.66. The minimum absolute atomic E-state index is 0.232. The van der Waals surface area contributed by atoms with Gasteiger partial charge in [0.15, 0.2) is 11.5 Å². The first-order chi connectivity index (χ1) is 9.15. The average molecular weight is 261 g/mol. The summed E-state index contributed by atoms with van der Waals surface area (Å²) in [4.78, 5) is 12.1. The van der Waals surface area contributed by atoms with Crippen molar-refractivity contribution in [3.05, 3.63) is 36.0 Å². The van der Waals surface area contributed by atoms with Crippen LogP contribution < -0.4 is 14.8 Å². The SMILES string of the molecule is COc1ccc(C(=O)Nc2ccnn2C)cc1OC. The van der Waals surface area contributed by atoms with E-state index in [1.54, 1.807) is 49.3 Å². The molecule has 0 unspecified atom stereocenters. The van der Waals surface area contributed by atoms with Gasteiger partial charge < -0.3 is 14.8 Å². The van der Waals surface area contributed by atoms with Gasteiger partial charge in [-0.25, -0.2) is 0 Å². The molecular weight excluding hydrogens is 246 g/mol. The van der Waals surface area contributed by atoms with Crippen LogP contribution in [0.1, 0.15) is 10.4 Å². The number of ether oxygens (including phenoxy) is 2. The first-order valence-electron chi connectivity index (χ1n) is 5.67. The molecule has 0 spiro atoms. The van der Waals surface area contributed by atoms with Gasteiger partial charge in [0.25, 0.3) is 5.91 Å².